The van der Waals surface area contributed by atoms with Crippen LogP contribution < -0.4 is 31.3 Å². The Labute approximate surface area is 299 Å². The summed E-state index contributed by atoms with van der Waals surface area (Å²) in [6.07, 6.45) is -2.99. The number of aromatic nitrogens is 2. The molecule has 16 nitrogen and oxygen atoms in total. The lowest BCUT2D eigenvalue weighted by Crippen LogP contribution is -2.54. The molecule has 0 spiro atoms. The number of aryl methyl sites for hydroxylation is 1. The summed E-state index contributed by atoms with van der Waals surface area (Å²) in [5.41, 5.74) is -1.06. The van der Waals surface area contributed by atoms with Crippen LogP contribution in [0.2, 0.25) is 0 Å². The van der Waals surface area contributed by atoms with Crippen LogP contribution >= 0.6 is 0 Å². The second-order valence-electron chi connectivity index (χ2n) is 11.9. The van der Waals surface area contributed by atoms with Crippen LogP contribution in [0.4, 0.5) is 38.4 Å². The number of alkyl halides is 3. The van der Waals surface area contributed by atoms with Crippen molar-refractivity contribution >= 4 is 58.2 Å². The van der Waals surface area contributed by atoms with Crippen LogP contribution in [-0.4, -0.2) is 82.3 Å². The third kappa shape index (κ3) is 7.59. The Hall–Kier alpha value is -6.67. The molecule has 0 bridgehead atoms. The number of piperidine rings is 1. The molecule has 7 amide bonds. The molecule has 2 aliphatic heterocycles. The standard InChI is InChI=1S/C33H27F5N8O8/c1-14-18-9-15(34)10-19(35)26(18)54-25(14)27(33(36,37)38)45-32(52)43-16-11-41-31(42-12-16)40-8-7-39-23(48)13-53-21-4-2-3-17-24(21)30(51)46(29(17)50)20-5-6-22(47)44-28(20)49/h2-4,9-12,20,27H,5-8,13H2,1H3,(H,39,48)(H,40,41,42)(H2,43,45,52)(H,44,47,49)/t20?,27-/m1/s1. The van der Waals surface area contributed by atoms with Crippen molar-refractivity contribution in [2.45, 2.75) is 38.0 Å². The maximum Gasteiger partial charge on any atom is 0.416 e. The summed E-state index contributed by atoms with van der Waals surface area (Å²) >= 11 is 0. The first-order chi connectivity index (χ1) is 25.6. The predicted molar refractivity (Wildman–Crippen MR) is 174 cm³/mol. The molecule has 1 saturated heterocycles. The Morgan fingerprint density at radius 2 is 1.81 bits per heavy atom. The van der Waals surface area contributed by atoms with E-state index in [9.17, 15) is 50.7 Å². The monoisotopic (exact) mass is 758 g/mol. The minimum atomic E-state index is -5.08. The number of ether oxygens (including phenoxy) is 1. The van der Waals surface area contributed by atoms with Gasteiger partial charge in [0, 0.05) is 36.5 Å². The second-order valence-corrected chi connectivity index (χ2v) is 11.9. The summed E-state index contributed by atoms with van der Waals surface area (Å²) in [7, 11) is 0. The van der Waals surface area contributed by atoms with E-state index >= 15 is 0 Å². The molecule has 2 atom stereocenters. The topological polar surface area (TPSA) is 214 Å². The number of rotatable bonds is 11. The Bertz CT molecular complexity index is 2190. The summed E-state index contributed by atoms with van der Waals surface area (Å²) < 4.78 is 80.3. The fourth-order valence-electron chi connectivity index (χ4n) is 5.79. The van der Waals surface area contributed by atoms with E-state index in [1.54, 1.807) is 5.32 Å². The van der Waals surface area contributed by atoms with Crippen LogP contribution in [0.1, 0.15) is 50.9 Å². The zero-order valence-corrected chi connectivity index (χ0v) is 27.7. The number of carbonyl (C=O) groups excluding carboxylic acids is 6. The van der Waals surface area contributed by atoms with E-state index in [-0.39, 0.29) is 65.4 Å². The summed E-state index contributed by atoms with van der Waals surface area (Å²) in [5.74, 6) is -6.52. The van der Waals surface area contributed by atoms with Crippen molar-refractivity contribution in [2.75, 3.05) is 30.3 Å². The number of furan rings is 1. The lowest BCUT2D eigenvalue weighted by molar-refractivity contribution is -0.158. The Balaban J connectivity index is 0.968. The molecule has 4 aromatic rings. The fraction of sp³-hybridized carbons (Fsp3) is 0.273. The Morgan fingerprint density at radius 3 is 2.52 bits per heavy atom. The van der Waals surface area contributed by atoms with Crippen LogP contribution in [0.5, 0.6) is 5.75 Å². The molecule has 1 unspecified atom stereocenters. The lowest BCUT2D eigenvalue weighted by atomic mass is 10.0. The minimum Gasteiger partial charge on any atom is -0.483 e. The second kappa shape index (κ2) is 14.8. The normalized spacial score (nSPS) is 16.2. The quantitative estimate of drug-likeness (QED) is 0.0851. The lowest BCUT2D eigenvalue weighted by Gasteiger charge is -2.27. The zero-order valence-electron chi connectivity index (χ0n) is 27.7. The molecule has 2 aromatic heterocycles. The average Bonchev–Trinajstić information content (AvgIpc) is 3.57. The van der Waals surface area contributed by atoms with Gasteiger partial charge in [0.2, 0.25) is 17.8 Å². The molecule has 5 N–H and O–H groups in total. The molecule has 0 saturated carbocycles. The van der Waals surface area contributed by atoms with Gasteiger partial charge >= 0.3 is 12.2 Å². The highest BCUT2D eigenvalue weighted by Gasteiger charge is 2.47. The van der Waals surface area contributed by atoms with Gasteiger partial charge in [-0.1, -0.05) is 6.07 Å². The molecule has 2 aliphatic rings. The van der Waals surface area contributed by atoms with Crippen molar-refractivity contribution in [3.63, 3.8) is 0 Å². The summed E-state index contributed by atoms with van der Waals surface area (Å²) in [5, 5.41) is 11.1. The summed E-state index contributed by atoms with van der Waals surface area (Å²) in [6, 6.07) is 0.254. The highest BCUT2D eigenvalue weighted by molar-refractivity contribution is 6.24. The number of anilines is 2. The van der Waals surface area contributed by atoms with Crippen LogP contribution in [0.15, 0.2) is 47.1 Å². The number of hydrogen-bond donors (Lipinski definition) is 5. The number of carbonyl (C=O) groups is 6. The van der Waals surface area contributed by atoms with Gasteiger partial charge in [-0.3, -0.25) is 34.2 Å². The first kappa shape index (κ1) is 37.1. The van der Waals surface area contributed by atoms with E-state index in [1.165, 1.54) is 25.1 Å². The van der Waals surface area contributed by atoms with Gasteiger partial charge < -0.3 is 30.4 Å². The van der Waals surface area contributed by atoms with Gasteiger partial charge in [-0.25, -0.2) is 23.5 Å². The number of urea groups is 1. The van der Waals surface area contributed by atoms with Crippen LogP contribution in [0.25, 0.3) is 11.0 Å². The largest absolute Gasteiger partial charge is 0.483 e. The molecule has 1 fully saturated rings. The molecule has 21 heteroatoms. The molecule has 6 rings (SSSR count). The van der Waals surface area contributed by atoms with Crippen LogP contribution in [0, 0.1) is 18.6 Å². The summed E-state index contributed by atoms with van der Waals surface area (Å²) in [4.78, 5) is 83.5. The highest BCUT2D eigenvalue weighted by Crippen LogP contribution is 2.39. The molecule has 54 heavy (non-hydrogen) atoms. The number of halogens is 5. The van der Waals surface area contributed by atoms with E-state index in [4.69, 9.17) is 9.15 Å². The van der Waals surface area contributed by atoms with Gasteiger partial charge in [0.15, 0.2) is 24.0 Å². The van der Waals surface area contributed by atoms with Crippen molar-refractivity contribution in [1.82, 2.24) is 30.8 Å². The fourth-order valence-corrected chi connectivity index (χ4v) is 5.79. The van der Waals surface area contributed by atoms with Gasteiger partial charge in [-0.05, 0) is 31.5 Å². The highest BCUT2D eigenvalue weighted by atomic mass is 19.4. The van der Waals surface area contributed by atoms with E-state index in [0.29, 0.717) is 6.07 Å². The number of hydrogen-bond acceptors (Lipinski definition) is 11. The van der Waals surface area contributed by atoms with Crippen molar-refractivity contribution in [2.24, 2.45) is 0 Å². The van der Waals surface area contributed by atoms with Gasteiger partial charge in [0.25, 0.3) is 17.7 Å². The van der Waals surface area contributed by atoms with E-state index < -0.39 is 83.4 Å². The van der Waals surface area contributed by atoms with Crippen molar-refractivity contribution in [3.05, 3.63) is 76.8 Å². The number of amides is 7. The van der Waals surface area contributed by atoms with Crippen LogP contribution in [-0.2, 0) is 14.4 Å². The maximum absolute atomic E-state index is 14.1. The number of nitrogens with zero attached hydrogens (tertiary/aromatic N) is 3. The smallest absolute Gasteiger partial charge is 0.416 e. The van der Waals surface area contributed by atoms with Crippen molar-refractivity contribution in [1.29, 1.82) is 0 Å². The first-order valence-electron chi connectivity index (χ1n) is 15.9. The first-order valence-corrected chi connectivity index (χ1v) is 15.9. The van der Waals surface area contributed by atoms with Gasteiger partial charge in [-0.2, -0.15) is 13.2 Å². The number of benzene rings is 2. The summed E-state index contributed by atoms with van der Waals surface area (Å²) in [6.45, 7) is 0.734. The molecular formula is C33H27F5N8O8. The predicted octanol–water partition coefficient (Wildman–Crippen LogP) is 3.24. The molecule has 0 radical (unpaired) electrons. The van der Waals surface area contributed by atoms with E-state index in [0.717, 1.165) is 23.4 Å². The number of fused-ring (bicyclic) bond motifs is 2. The number of imide groups is 2. The Morgan fingerprint density at radius 1 is 1.07 bits per heavy atom. The zero-order chi connectivity index (χ0) is 38.9. The molecule has 2 aromatic carbocycles. The average molecular weight is 759 g/mol. The maximum atomic E-state index is 14.1. The van der Waals surface area contributed by atoms with Gasteiger partial charge in [0.1, 0.15) is 23.4 Å². The van der Waals surface area contributed by atoms with Gasteiger partial charge in [-0.15, -0.1) is 0 Å². The van der Waals surface area contributed by atoms with Crippen molar-refractivity contribution < 1.29 is 59.9 Å². The van der Waals surface area contributed by atoms with Crippen molar-refractivity contribution in [3.8, 4) is 5.75 Å². The van der Waals surface area contributed by atoms with Crippen LogP contribution in [0.3, 0.4) is 0 Å². The van der Waals surface area contributed by atoms with Gasteiger partial charge in [0.05, 0.1) is 29.2 Å². The van der Waals surface area contributed by atoms with E-state index in [2.05, 4.69) is 31.2 Å². The molecular weight excluding hydrogens is 731 g/mol. The third-order valence-corrected chi connectivity index (χ3v) is 8.29. The minimum absolute atomic E-state index is 0.0199. The molecule has 282 valence electrons. The Kier molecular flexibility index (Phi) is 10.1. The number of nitrogens with one attached hydrogen (secondary N) is 5. The molecule has 4 heterocycles. The van der Waals surface area contributed by atoms with E-state index in [1.807, 2.05) is 0 Å². The third-order valence-electron chi connectivity index (χ3n) is 8.29. The SMILES string of the molecule is Cc1c([C@@H](NC(=O)Nc2cnc(NCCNC(=O)COc3cccc4c3C(=O)N(C3CCC(=O)NC3=O)C4=O)nc2)C(F)(F)F)oc2c(F)cc(F)cc12. The molecule has 0 aliphatic carbocycles.